The van der Waals surface area contributed by atoms with Gasteiger partial charge in [0.1, 0.15) is 5.82 Å². The summed E-state index contributed by atoms with van der Waals surface area (Å²) in [6.45, 7) is 4.17. The number of hydrogen-bond acceptors (Lipinski definition) is 7. The molecule has 1 fully saturated rings. The average Bonchev–Trinajstić information content (AvgIpc) is 2.72. The summed E-state index contributed by atoms with van der Waals surface area (Å²) < 4.78 is 16.2. The summed E-state index contributed by atoms with van der Waals surface area (Å²) in [7, 11) is 3.22. The highest BCUT2D eigenvalue weighted by Crippen LogP contribution is 2.33. The number of rotatable bonds is 4. The van der Waals surface area contributed by atoms with Crippen LogP contribution in [0.1, 0.15) is 6.92 Å². The number of nitrogens with zero attached hydrogens (tertiary/aromatic N) is 4. The number of halogens is 1. The minimum Gasteiger partial charge on any atom is -0.493 e. The minimum atomic E-state index is 0.179. The molecule has 1 saturated heterocycles. The molecule has 0 radical (unpaired) electrons. The van der Waals surface area contributed by atoms with E-state index >= 15 is 0 Å². The van der Waals surface area contributed by atoms with E-state index in [0.717, 1.165) is 29.0 Å². The number of hydrogen-bond donors (Lipinski definition) is 0. The smallest absolute Gasteiger partial charge is 0.226 e. The summed E-state index contributed by atoms with van der Waals surface area (Å²) in [5, 5.41) is 1.04. The summed E-state index contributed by atoms with van der Waals surface area (Å²) in [6, 6.07) is 9.82. The van der Waals surface area contributed by atoms with Gasteiger partial charge in [0.2, 0.25) is 5.28 Å². The molecule has 0 aliphatic carbocycles. The molecule has 0 amide bonds. The summed E-state index contributed by atoms with van der Waals surface area (Å²) in [5.41, 5.74) is 2.22. The van der Waals surface area contributed by atoms with Crippen LogP contribution in [0.15, 0.2) is 30.3 Å². The number of aromatic nitrogens is 3. The highest BCUT2D eigenvalue weighted by atomic mass is 35.5. The van der Waals surface area contributed by atoms with Crippen molar-refractivity contribution in [2.75, 3.05) is 38.9 Å². The number of benzene rings is 1. The summed E-state index contributed by atoms with van der Waals surface area (Å²) >= 11 is 6.22. The van der Waals surface area contributed by atoms with Gasteiger partial charge in [-0.1, -0.05) is 0 Å². The maximum Gasteiger partial charge on any atom is 0.226 e. The second-order valence-corrected chi connectivity index (χ2v) is 6.91. The number of fused-ring (bicyclic) bond motifs is 1. The Balaban J connectivity index is 1.80. The van der Waals surface area contributed by atoms with E-state index in [1.165, 1.54) is 0 Å². The van der Waals surface area contributed by atoms with E-state index in [0.29, 0.717) is 30.4 Å². The normalized spacial score (nSPS) is 17.0. The molecule has 146 valence electrons. The molecule has 1 aliphatic heterocycles. The fourth-order valence-electron chi connectivity index (χ4n) is 3.39. The molecule has 8 heteroatoms. The molecule has 1 atom stereocenters. The minimum absolute atomic E-state index is 0.179. The molecule has 1 aromatic carbocycles. The van der Waals surface area contributed by atoms with Crippen molar-refractivity contribution in [2.45, 2.75) is 13.0 Å². The van der Waals surface area contributed by atoms with Crippen molar-refractivity contribution in [3.63, 3.8) is 0 Å². The van der Waals surface area contributed by atoms with Gasteiger partial charge >= 0.3 is 0 Å². The standard InChI is InChI=1S/C20H21ClN4O3/c1-12-11-28-9-8-25(12)19-14-5-6-15(22-18(14)23-20(21)24-19)13-4-7-16(26-2)17(10-13)27-3/h4-7,10,12H,8-9,11H2,1-3H3/t12-/m1/s1. The van der Waals surface area contributed by atoms with Crippen molar-refractivity contribution >= 4 is 28.5 Å². The van der Waals surface area contributed by atoms with E-state index < -0.39 is 0 Å². The van der Waals surface area contributed by atoms with Crippen LogP contribution in [0.2, 0.25) is 5.28 Å². The Bertz CT molecular complexity index is 1010. The van der Waals surface area contributed by atoms with Crippen LogP contribution >= 0.6 is 11.6 Å². The summed E-state index contributed by atoms with van der Waals surface area (Å²) in [4.78, 5) is 15.7. The maximum absolute atomic E-state index is 6.22. The fourth-order valence-corrected chi connectivity index (χ4v) is 3.55. The largest absolute Gasteiger partial charge is 0.493 e. The zero-order chi connectivity index (χ0) is 19.7. The van der Waals surface area contributed by atoms with E-state index in [1.54, 1.807) is 14.2 Å². The van der Waals surface area contributed by atoms with E-state index in [-0.39, 0.29) is 11.3 Å². The van der Waals surface area contributed by atoms with Crippen LogP contribution in [0.3, 0.4) is 0 Å². The molecule has 0 unspecified atom stereocenters. The zero-order valence-corrected chi connectivity index (χ0v) is 16.7. The molecule has 3 aromatic rings. The Kier molecular flexibility index (Phi) is 5.19. The van der Waals surface area contributed by atoms with E-state index in [2.05, 4.69) is 21.8 Å². The van der Waals surface area contributed by atoms with Gasteiger partial charge in [0.05, 0.1) is 44.6 Å². The second kappa shape index (κ2) is 7.77. The van der Waals surface area contributed by atoms with Crippen LogP contribution in [0.25, 0.3) is 22.3 Å². The lowest BCUT2D eigenvalue weighted by Crippen LogP contribution is -2.44. The van der Waals surface area contributed by atoms with Gasteiger partial charge in [-0.05, 0) is 48.9 Å². The first-order valence-electron chi connectivity index (χ1n) is 9.02. The van der Waals surface area contributed by atoms with Gasteiger partial charge in [-0.15, -0.1) is 0 Å². The van der Waals surface area contributed by atoms with E-state index in [4.69, 9.17) is 30.8 Å². The van der Waals surface area contributed by atoms with Crippen LogP contribution in [0, 0.1) is 0 Å². The van der Waals surface area contributed by atoms with Gasteiger partial charge < -0.3 is 19.1 Å². The van der Waals surface area contributed by atoms with E-state index in [1.807, 2.05) is 30.3 Å². The molecule has 0 spiro atoms. The van der Waals surface area contributed by atoms with Crippen LogP contribution < -0.4 is 14.4 Å². The molecule has 0 bridgehead atoms. The van der Waals surface area contributed by atoms with Crippen LogP contribution in [-0.4, -0.2) is 55.0 Å². The first-order chi connectivity index (χ1) is 13.6. The number of methoxy groups -OCH3 is 2. The van der Waals surface area contributed by atoms with Crippen LogP contribution in [0.5, 0.6) is 11.5 Å². The van der Waals surface area contributed by atoms with Gasteiger partial charge in [0.25, 0.3) is 0 Å². The number of morpholine rings is 1. The summed E-state index contributed by atoms with van der Waals surface area (Å²) in [6.07, 6.45) is 0. The zero-order valence-electron chi connectivity index (χ0n) is 16.0. The third-order valence-corrected chi connectivity index (χ3v) is 5.00. The Morgan fingerprint density at radius 2 is 1.89 bits per heavy atom. The molecule has 2 aromatic heterocycles. The Labute approximate surface area is 168 Å². The van der Waals surface area contributed by atoms with E-state index in [9.17, 15) is 0 Å². The topological polar surface area (TPSA) is 69.6 Å². The Morgan fingerprint density at radius 3 is 2.64 bits per heavy atom. The molecule has 0 N–H and O–H groups in total. The third kappa shape index (κ3) is 3.43. The highest BCUT2D eigenvalue weighted by Gasteiger charge is 2.23. The number of ether oxygens (including phenoxy) is 3. The Hall–Kier alpha value is -2.64. The molecular weight excluding hydrogens is 380 g/mol. The van der Waals surface area contributed by atoms with Gasteiger partial charge in [0.15, 0.2) is 17.1 Å². The van der Waals surface area contributed by atoms with Gasteiger partial charge in [-0.2, -0.15) is 9.97 Å². The van der Waals surface area contributed by atoms with Gasteiger partial charge in [-0.3, -0.25) is 0 Å². The SMILES string of the molecule is COc1ccc(-c2ccc3c(N4CCOC[C@H]4C)nc(Cl)nc3n2)cc1OC. The monoisotopic (exact) mass is 400 g/mol. The third-order valence-electron chi connectivity index (χ3n) is 4.83. The highest BCUT2D eigenvalue weighted by molar-refractivity contribution is 6.28. The van der Waals surface area contributed by atoms with Crippen LogP contribution in [0.4, 0.5) is 5.82 Å². The Morgan fingerprint density at radius 1 is 1.07 bits per heavy atom. The number of anilines is 1. The first kappa shape index (κ1) is 18.7. The van der Waals surface area contributed by atoms with Crippen molar-refractivity contribution in [2.24, 2.45) is 0 Å². The molecule has 3 heterocycles. The van der Waals surface area contributed by atoms with Crippen LogP contribution in [-0.2, 0) is 4.74 Å². The molecule has 28 heavy (non-hydrogen) atoms. The molecule has 0 saturated carbocycles. The molecule has 4 rings (SSSR count). The molecular formula is C20H21ClN4O3. The van der Waals surface area contributed by atoms with Crippen molar-refractivity contribution < 1.29 is 14.2 Å². The quantitative estimate of drug-likeness (QED) is 0.620. The second-order valence-electron chi connectivity index (χ2n) is 6.57. The average molecular weight is 401 g/mol. The predicted molar refractivity (Wildman–Crippen MR) is 109 cm³/mol. The van der Waals surface area contributed by atoms with Crippen molar-refractivity contribution in [3.8, 4) is 22.8 Å². The molecule has 7 nitrogen and oxygen atoms in total. The number of pyridine rings is 1. The lowest BCUT2D eigenvalue weighted by atomic mass is 10.1. The maximum atomic E-state index is 6.22. The lowest BCUT2D eigenvalue weighted by molar-refractivity contribution is 0.0987. The van der Waals surface area contributed by atoms with Crippen molar-refractivity contribution in [1.82, 2.24) is 15.0 Å². The lowest BCUT2D eigenvalue weighted by Gasteiger charge is -2.34. The van der Waals surface area contributed by atoms with Crippen molar-refractivity contribution in [1.29, 1.82) is 0 Å². The summed E-state index contributed by atoms with van der Waals surface area (Å²) in [5.74, 6) is 2.10. The van der Waals surface area contributed by atoms with Gasteiger partial charge in [0, 0.05) is 12.1 Å². The van der Waals surface area contributed by atoms with Gasteiger partial charge in [-0.25, -0.2) is 4.98 Å². The first-order valence-corrected chi connectivity index (χ1v) is 9.39. The fraction of sp³-hybridized carbons (Fsp3) is 0.350. The van der Waals surface area contributed by atoms with Crippen molar-refractivity contribution in [3.05, 3.63) is 35.6 Å². The predicted octanol–water partition coefficient (Wildman–Crippen LogP) is 3.59. The molecule has 1 aliphatic rings.